The van der Waals surface area contributed by atoms with Gasteiger partial charge in [0.05, 0.1) is 25.2 Å². The average Bonchev–Trinajstić information content (AvgIpc) is 2.78. The van der Waals surface area contributed by atoms with Crippen LogP contribution < -0.4 is 10.2 Å². The van der Waals surface area contributed by atoms with Crippen molar-refractivity contribution in [2.75, 3.05) is 5.43 Å². The number of nitrogens with one attached hydrogen (secondary N) is 1. The lowest BCUT2D eigenvalue weighted by Crippen LogP contribution is -2.06. The van der Waals surface area contributed by atoms with Crippen molar-refractivity contribution in [2.45, 2.75) is 12.8 Å². The number of hydrazone groups is 1. The fraction of sp³-hybridized carbons (Fsp3) is 0.0952. The number of nitro benzene ring substituents is 2. The first-order valence-corrected chi connectivity index (χ1v) is 10.4. The van der Waals surface area contributed by atoms with Crippen LogP contribution in [0.1, 0.15) is 16.7 Å². The van der Waals surface area contributed by atoms with E-state index in [1.165, 1.54) is 18.3 Å². The predicted molar refractivity (Wildman–Crippen MR) is 126 cm³/mol. The molecule has 0 radical (unpaired) electrons. The van der Waals surface area contributed by atoms with E-state index in [0.717, 1.165) is 12.1 Å². The number of nitrogens with zero attached hydrogens (tertiary/aromatic N) is 3. The van der Waals surface area contributed by atoms with Crippen LogP contribution in [-0.4, -0.2) is 16.1 Å². The molecule has 9 nitrogen and oxygen atoms in total. The summed E-state index contributed by atoms with van der Waals surface area (Å²) in [6.07, 6.45) is -3.36. The molecule has 0 saturated heterocycles. The van der Waals surface area contributed by atoms with Crippen molar-refractivity contribution in [2.24, 2.45) is 5.10 Å². The molecule has 3 aromatic carbocycles. The van der Waals surface area contributed by atoms with E-state index < -0.39 is 27.3 Å². The van der Waals surface area contributed by atoms with Gasteiger partial charge < -0.3 is 4.74 Å². The maximum absolute atomic E-state index is 12.8. The number of anilines is 1. The Morgan fingerprint density at radius 2 is 1.79 bits per heavy atom. The Morgan fingerprint density at radius 1 is 1.03 bits per heavy atom. The van der Waals surface area contributed by atoms with Gasteiger partial charge in [-0.1, -0.05) is 12.1 Å². The summed E-state index contributed by atoms with van der Waals surface area (Å²) in [4.78, 5) is 20.6. The molecule has 13 heteroatoms. The molecular weight excluding hydrogens is 572 g/mol. The minimum Gasteiger partial charge on any atom is -0.488 e. The Kier molecular flexibility index (Phi) is 7.65. The van der Waals surface area contributed by atoms with E-state index >= 15 is 0 Å². The molecule has 0 amide bonds. The van der Waals surface area contributed by atoms with Crippen molar-refractivity contribution in [3.63, 3.8) is 0 Å². The highest BCUT2D eigenvalue weighted by atomic mass is 127. The lowest BCUT2D eigenvalue weighted by molar-refractivity contribution is -0.385. The summed E-state index contributed by atoms with van der Waals surface area (Å²) >= 11 is 2.02. The van der Waals surface area contributed by atoms with E-state index in [1.54, 1.807) is 30.3 Å². The second-order valence-corrected chi connectivity index (χ2v) is 7.92. The summed E-state index contributed by atoms with van der Waals surface area (Å²) in [5.41, 5.74) is 1.48. The Balaban J connectivity index is 1.68. The van der Waals surface area contributed by atoms with Crippen LogP contribution in [0.2, 0.25) is 0 Å². The van der Waals surface area contributed by atoms with Crippen LogP contribution in [0.15, 0.2) is 65.8 Å². The third-order valence-corrected chi connectivity index (χ3v) is 5.24. The number of alkyl halides is 3. The predicted octanol–water partition coefficient (Wildman–Crippen LogP) is 6.15. The van der Waals surface area contributed by atoms with Crippen LogP contribution in [-0.2, 0) is 12.8 Å². The molecule has 0 unspecified atom stereocenters. The first-order chi connectivity index (χ1) is 16.0. The van der Waals surface area contributed by atoms with E-state index in [1.807, 2.05) is 22.6 Å². The van der Waals surface area contributed by atoms with Gasteiger partial charge in [-0.15, -0.1) is 0 Å². The van der Waals surface area contributed by atoms with Crippen LogP contribution in [0, 0.1) is 23.8 Å². The molecule has 34 heavy (non-hydrogen) atoms. The lowest BCUT2D eigenvalue weighted by atomic mass is 10.1. The van der Waals surface area contributed by atoms with Gasteiger partial charge in [0.15, 0.2) is 0 Å². The summed E-state index contributed by atoms with van der Waals surface area (Å²) in [7, 11) is 0. The molecular formula is C21H14F3IN4O5. The Morgan fingerprint density at radius 3 is 2.44 bits per heavy atom. The molecule has 0 atom stereocenters. The molecule has 3 aromatic rings. The third kappa shape index (κ3) is 6.40. The Bertz CT molecular complexity index is 1270. The first-order valence-electron chi connectivity index (χ1n) is 9.35. The summed E-state index contributed by atoms with van der Waals surface area (Å²) < 4.78 is 44.8. The van der Waals surface area contributed by atoms with Crippen molar-refractivity contribution in [3.8, 4) is 5.75 Å². The van der Waals surface area contributed by atoms with Crippen molar-refractivity contribution in [3.05, 3.63) is 101 Å². The van der Waals surface area contributed by atoms with Crippen LogP contribution in [0.4, 0.5) is 30.2 Å². The van der Waals surface area contributed by atoms with Gasteiger partial charge in [-0.2, -0.15) is 18.3 Å². The minimum atomic E-state index is -4.71. The van der Waals surface area contributed by atoms with Gasteiger partial charge in [0.25, 0.3) is 11.4 Å². The average molecular weight is 586 g/mol. The fourth-order valence-corrected chi connectivity index (χ4v) is 3.46. The van der Waals surface area contributed by atoms with E-state index in [-0.39, 0.29) is 18.0 Å². The molecule has 0 aliphatic heterocycles. The van der Waals surface area contributed by atoms with Crippen LogP contribution in [0.5, 0.6) is 5.75 Å². The standard InChI is InChI=1S/C21H14F3IN4O5/c22-21(23,24)15-5-6-18(19(10-15)29(32)33)27-26-11-13-4-7-20(17(25)9-13)34-12-14-2-1-3-16(8-14)28(30)31/h1-11,27H,12H2/b26-11-. The molecule has 0 spiro atoms. The van der Waals surface area contributed by atoms with Crippen molar-refractivity contribution in [1.82, 2.24) is 0 Å². The molecule has 1 N–H and O–H groups in total. The minimum absolute atomic E-state index is 0.0388. The number of halogens is 4. The zero-order valence-corrected chi connectivity index (χ0v) is 19.1. The highest BCUT2D eigenvalue weighted by molar-refractivity contribution is 14.1. The van der Waals surface area contributed by atoms with Crippen molar-refractivity contribution >= 4 is 45.9 Å². The van der Waals surface area contributed by atoms with Gasteiger partial charge in [0, 0.05) is 18.2 Å². The first kappa shape index (κ1) is 24.9. The smallest absolute Gasteiger partial charge is 0.416 e. The Hall–Kier alpha value is -3.75. The van der Waals surface area contributed by atoms with Crippen LogP contribution in [0.3, 0.4) is 0 Å². The molecule has 0 aromatic heterocycles. The van der Waals surface area contributed by atoms with Gasteiger partial charge in [0.1, 0.15) is 18.0 Å². The molecule has 0 aliphatic carbocycles. The van der Waals surface area contributed by atoms with Crippen molar-refractivity contribution in [1.29, 1.82) is 0 Å². The molecule has 0 bridgehead atoms. The number of rotatable bonds is 8. The zero-order chi connectivity index (χ0) is 24.9. The second-order valence-electron chi connectivity index (χ2n) is 6.76. The van der Waals surface area contributed by atoms with Crippen LogP contribution >= 0.6 is 22.6 Å². The van der Waals surface area contributed by atoms with E-state index in [9.17, 15) is 33.4 Å². The molecule has 0 saturated carbocycles. The fourth-order valence-electron chi connectivity index (χ4n) is 2.77. The zero-order valence-electron chi connectivity index (χ0n) is 17.0. The van der Waals surface area contributed by atoms with Crippen molar-refractivity contribution < 1.29 is 27.8 Å². The molecule has 3 rings (SSSR count). The number of non-ortho nitro benzene ring substituents is 1. The number of nitro groups is 2. The van der Waals surface area contributed by atoms with Gasteiger partial charge >= 0.3 is 6.18 Å². The van der Waals surface area contributed by atoms with Gasteiger partial charge in [-0.25, -0.2) is 0 Å². The maximum atomic E-state index is 12.8. The topological polar surface area (TPSA) is 120 Å². The SMILES string of the molecule is O=[N+]([O-])c1cccc(COc2ccc(/C=N\Nc3ccc(C(F)(F)F)cc3[N+](=O)[O-])cc2I)c1. The highest BCUT2D eigenvalue weighted by Gasteiger charge is 2.33. The third-order valence-electron chi connectivity index (χ3n) is 4.39. The number of hydrogen-bond donors (Lipinski definition) is 1. The molecule has 0 fully saturated rings. The second kappa shape index (κ2) is 10.5. The number of ether oxygens (including phenoxy) is 1. The van der Waals surface area contributed by atoms with Gasteiger partial charge in [-0.05, 0) is 64.0 Å². The molecule has 0 aliphatic rings. The van der Waals surface area contributed by atoms with Crippen LogP contribution in [0.25, 0.3) is 0 Å². The normalized spacial score (nSPS) is 11.4. The number of benzene rings is 3. The summed E-state index contributed by atoms with van der Waals surface area (Å²) in [6.45, 7) is 0.115. The van der Waals surface area contributed by atoms with E-state index in [2.05, 4.69) is 10.5 Å². The van der Waals surface area contributed by atoms with E-state index in [0.29, 0.717) is 26.5 Å². The highest BCUT2D eigenvalue weighted by Crippen LogP contribution is 2.35. The summed E-state index contributed by atoms with van der Waals surface area (Å²) in [5.74, 6) is 0.524. The molecule has 176 valence electrons. The maximum Gasteiger partial charge on any atom is 0.416 e. The largest absolute Gasteiger partial charge is 0.488 e. The van der Waals surface area contributed by atoms with Gasteiger partial charge in [-0.3, -0.25) is 25.7 Å². The lowest BCUT2D eigenvalue weighted by Gasteiger charge is -2.09. The number of hydrogen-bond acceptors (Lipinski definition) is 7. The summed E-state index contributed by atoms with van der Waals surface area (Å²) in [5, 5.41) is 25.9. The monoisotopic (exact) mass is 586 g/mol. The van der Waals surface area contributed by atoms with E-state index in [4.69, 9.17) is 4.74 Å². The van der Waals surface area contributed by atoms with Gasteiger partial charge in [0.2, 0.25) is 0 Å². The Labute approximate surface area is 203 Å². The molecule has 0 heterocycles. The summed E-state index contributed by atoms with van der Waals surface area (Å²) in [6, 6.07) is 13.2. The quantitative estimate of drug-likeness (QED) is 0.146.